The summed E-state index contributed by atoms with van der Waals surface area (Å²) < 4.78 is 13.9. The SMILES string of the molecule is Nc1cc(I)c(F)cc1NCc1ccccn1. The van der Waals surface area contributed by atoms with E-state index in [1.54, 1.807) is 12.3 Å². The Morgan fingerprint density at radius 3 is 2.88 bits per heavy atom. The largest absolute Gasteiger partial charge is 0.397 e. The fraction of sp³-hybridized carbons (Fsp3) is 0.0833. The number of aromatic nitrogens is 1. The van der Waals surface area contributed by atoms with Gasteiger partial charge in [-0.3, -0.25) is 4.98 Å². The predicted molar refractivity (Wildman–Crippen MR) is 75.1 cm³/mol. The normalized spacial score (nSPS) is 10.2. The maximum absolute atomic E-state index is 13.4. The molecule has 0 bridgehead atoms. The minimum absolute atomic E-state index is 0.275. The zero-order chi connectivity index (χ0) is 12.3. The van der Waals surface area contributed by atoms with Gasteiger partial charge in [-0.25, -0.2) is 4.39 Å². The van der Waals surface area contributed by atoms with Gasteiger partial charge in [0.15, 0.2) is 0 Å². The molecule has 0 fully saturated rings. The molecule has 0 radical (unpaired) electrons. The third kappa shape index (κ3) is 3.06. The fourth-order valence-corrected chi connectivity index (χ4v) is 1.89. The Bertz CT molecular complexity index is 517. The standard InChI is InChI=1S/C12H11FIN3/c13-9-5-12(11(15)6-10(9)14)17-7-8-3-1-2-4-16-8/h1-6,17H,7,15H2. The highest BCUT2D eigenvalue weighted by molar-refractivity contribution is 14.1. The zero-order valence-corrected chi connectivity index (χ0v) is 11.1. The van der Waals surface area contributed by atoms with Crippen LogP contribution >= 0.6 is 22.6 Å². The van der Waals surface area contributed by atoms with Crippen LogP contribution in [0.2, 0.25) is 0 Å². The fourth-order valence-electron chi connectivity index (χ4n) is 1.40. The molecule has 3 N–H and O–H groups in total. The van der Waals surface area contributed by atoms with Gasteiger partial charge in [-0.1, -0.05) is 6.07 Å². The highest BCUT2D eigenvalue weighted by Gasteiger charge is 2.05. The molecule has 0 atom stereocenters. The van der Waals surface area contributed by atoms with E-state index in [0.717, 1.165) is 5.69 Å². The average Bonchev–Trinajstić information content (AvgIpc) is 2.33. The minimum atomic E-state index is -0.275. The summed E-state index contributed by atoms with van der Waals surface area (Å²) in [6, 6.07) is 8.66. The Morgan fingerprint density at radius 2 is 2.18 bits per heavy atom. The van der Waals surface area contributed by atoms with Gasteiger partial charge >= 0.3 is 0 Å². The molecular formula is C12H11FIN3. The second kappa shape index (κ2) is 5.31. The topological polar surface area (TPSA) is 50.9 Å². The van der Waals surface area contributed by atoms with Crippen LogP contribution in [0.3, 0.4) is 0 Å². The summed E-state index contributed by atoms with van der Waals surface area (Å²) in [6.07, 6.45) is 1.72. The van der Waals surface area contributed by atoms with E-state index in [-0.39, 0.29) is 5.82 Å². The van der Waals surface area contributed by atoms with Crippen molar-refractivity contribution in [2.45, 2.75) is 6.54 Å². The first kappa shape index (κ1) is 12.1. The van der Waals surface area contributed by atoms with Crippen LogP contribution in [0.4, 0.5) is 15.8 Å². The summed E-state index contributed by atoms with van der Waals surface area (Å²) in [6.45, 7) is 0.519. The summed E-state index contributed by atoms with van der Waals surface area (Å²) in [7, 11) is 0. The van der Waals surface area contributed by atoms with Crippen LogP contribution < -0.4 is 11.1 Å². The summed E-state index contributed by atoms with van der Waals surface area (Å²) in [4.78, 5) is 4.16. The summed E-state index contributed by atoms with van der Waals surface area (Å²) in [5, 5.41) is 3.07. The predicted octanol–water partition coefficient (Wildman–Crippen LogP) is 3.02. The van der Waals surface area contributed by atoms with Gasteiger partial charge in [0, 0.05) is 12.3 Å². The molecule has 1 aromatic heterocycles. The number of halogens is 2. The molecule has 5 heteroatoms. The Morgan fingerprint density at radius 1 is 1.35 bits per heavy atom. The van der Waals surface area contributed by atoms with Crippen LogP contribution in [-0.2, 0) is 6.54 Å². The van der Waals surface area contributed by atoms with Gasteiger partial charge in [0.2, 0.25) is 0 Å². The van der Waals surface area contributed by atoms with Crippen LogP contribution in [-0.4, -0.2) is 4.98 Å². The number of nitrogens with two attached hydrogens (primary N) is 1. The number of nitrogens with zero attached hydrogens (tertiary/aromatic N) is 1. The lowest BCUT2D eigenvalue weighted by atomic mass is 10.2. The summed E-state index contributed by atoms with van der Waals surface area (Å²) >= 11 is 1.91. The molecule has 0 amide bonds. The molecule has 2 rings (SSSR count). The molecule has 0 saturated carbocycles. The third-order valence-corrected chi connectivity index (χ3v) is 3.11. The maximum atomic E-state index is 13.4. The molecule has 2 aromatic rings. The number of pyridine rings is 1. The highest BCUT2D eigenvalue weighted by Crippen LogP contribution is 2.24. The van der Waals surface area contributed by atoms with E-state index in [2.05, 4.69) is 10.3 Å². The second-order valence-electron chi connectivity index (χ2n) is 3.53. The van der Waals surface area contributed by atoms with E-state index in [9.17, 15) is 4.39 Å². The van der Waals surface area contributed by atoms with Crippen LogP contribution in [0, 0.1) is 9.39 Å². The van der Waals surface area contributed by atoms with Gasteiger partial charge in [0.25, 0.3) is 0 Å². The van der Waals surface area contributed by atoms with Gasteiger partial charge in [-0.15, -0.1) is 0 Å². The lowest BCUT2D eigenvalue weighted by Gasteiger charge is -2.09. The van der Waals surface area contributed by atoms with Crippen molar-refractivity contribution in [3.8, 4) is 0 Å². The Labute approximate surface area is 112 Å². The van der Waals surface area contributed by atoms with Gasteiger partial charge in [0.05, 0.1) is 27.2 Å². The van der Waals surface area contributed by atoms with Crippen molar-refractivity contribution in [1.29, 1.82) is 0 Å². The molecule has 0 aliphatic rings. The van der Waals surface area contributed by atoms with Crippen molar-refractivity contribution in [3.63, 3.8) is 0 Å². The van der Waals surface area contributed by atoms with E-state index < -0.39 is 0 Å². The van der Waals surface area contributed by atoms with Crippen LogP contribution in [0.5, 0.6) is 0 Å². The van der Waals surface area contributed by atoms with Crippen molar-refractivity contribution in [1.82, 2.24) is 4.98 Å². The van der Waals surface area contributed by atoms with Crippen molar-refractivity contribution in [2.75, 3.05) is 11.1 Å². The summed E-state index contributed by atoms with van der Waals surface area (Å²) in [5.41, 5.74) is 7.81. The van der Waals surface area contributed by atoms with Crippen LogP contribution in [0.15, 0.2) is 36.5 Å². The number of benzene rings is 1. The van der Waals surface area contributed by atoms with E-state index >= 15 is 0 Å². The number of hydrogen-bond donors (Lipinski definition) is 2. The molecule has 1 aromatic carbocycles. The summed E-state index contributed by atoms with van der Waals surface area (Å²) in [5.74, 6) is -0.275. The van der Waals surface area contributed by atoms with Crippen molar-refractivity contribution < 1.29 is 4.39 Å². The molecule has 0 saturated heterocycles. The highest BCUT2D eigenvalue weighted by atomic mass is 127. The first-order valence-corrected chi connectivity index (χ1v) is 6.13. The number of anilines is 2. The third-order valence-electron chi connectivity index (χ3n) is 2.28. The lowest BCUT2D eigenvalue weighted by Crippen LogP contribution is -2.04. The smallest absolute Gasteiger partial charge is 0.138 e. The quantitative estimate of drug-likeness (QED) is 0.665. The molecule has 1 heterocycles. The molecule has 17 heavy (non-hydrogen) atoms. The van der Waals surface area contributed by atoms with E-state index in [0.29, 0.717) is 21.5 Å². The lowest BCUT2D eigenvalue weighted by molar-refractivity contribution is 0.621. The number of nitrogen functional groups attached to an aromatic ring is 1. The molecule has 0 spiro atoms. The molecule has 0 aliphatic carbocycles. The van der Waals surface area contributed by atoms with Gasteiger partial charge in [-0.05, 0) is 40.8 Å². The zero-order valence-electron chi connectivity index (χ0n) is 8.95. The first-order chi connectivity index (χ1) is 8.16. The Hall–Kier alpha value is -1.37. The second-order valence-corrected chi connectivity index (χ2v) is 4.69. The van der Waals surface area contributed by atoms with Gasteiger partial charge in [-0.2, -0.15) is 0 Å². The Balaban J connectivity index is 2.12. The Kier molecular flexibility index (Phi) is 3.78. The monoisotopic (exact) mass is 343 g/mol. The van der Waals surface area contributed by atoms with E-state index in [4.69, 9.17) is 5.73 Å². The number of nitrogens with one attached hydrogen (secondary N) is 1. The molecule has 3 nitrogen and oxygen atoms in total. The number of hydrogen-bond acceptors (Lipinski definition) is 3. The van der Waals surface area contributed by atoms with Crippen molar-refractivity contribution >= 4 is 34.0 Å². The van der Waals surface area contributed by atoms with Crippen molar-refractivity contribution in [2.24, 2.45) is 0 Å². The molecular weight excluding hydrogens is 332 g/mol. The minimum Gasteiger partial charge on any atom is -0.397 e. The molecule has 88 valence electrons. The average molecular weight is 343 g/mol. The first-order valence-electron chi connectivity index (χ1n) is 5.05. The molecule has 0 unspecified atom stereocenters. The van der Waals surface area contributed by atoms with E-state index in [1.165, 1.54) is 6.07 Å². The van der Waals surface area contributed by atoms with Crippen molar-refractivity contribution in [3.05, 3.63) is 51.6 Å². The van der Waals surface area contributed by atoms with Gasteiger partial charge in [0.1, 0.15) is 5.82 Å². The van der Waals surface area contributed by atoms with Gasteiger partial charge < -0.3 is 11.1 Å². The maximum Gasteiger partial charge on any atom is 0.138 e. The van der Waals surface area contributed by atoms with Crippen LogP contribution in [0.25, 0.3) is 0 Å². The number of rotatable bonds is 3. The van der Waals surface area contributed by atoms with E-state index in [1.807, 2.05) is 40.8 Å². The molecule has 0 aliphatic heterocycles. The van der Waals surface area contributed by atoms with Crippen LogP contribution in [0.1, 0.15) is 5.69 Å².